The Kier molecular flexibility index (Phi) is 5.33. The van der Waals surface area contributed by atoms with E-state index in [1.165, 1.54) is 12.0 Å². The predicted molar refractivity (Wildman–Crippen MR) is 68.8 cm³/mol. The van der Waals surface area contributed by atoms with E-state index in [1.54, 1.807) is 7.11 Å². The fourth-order valence-corrected chi connectivity index (χ4v) is 1.83. The van der Waals surface area contributed by atoms with Crippen molar-refractivity contribution in [2.24, 2.45) is 5.92 Å². The van der Waals surface area contributed by atoms with E-state index in [9.17, 15) is 0 Å². The molecule has 1 N–H and O–H groups in total. The van der Waals surface area contributed by atoms with Crippen molar-refractivity contribution in [3.63, 3.8) is 0 Å². The summed E-state index contributed by atoms with van der Waals surface area (Å²) in [5.74, 6) is 1.66. The minimum absolute atomic E-state index is 0.571. The van der Waals surface area contributed by atoms with Crippen LogP contribution < -0.4 is 10.1 Å². The zero-order valence-corrected chi connectivity index (χ0v) is 10.8. The van der Waals surface area contributed by atoms with Gasteiger partial charge in [-0.15, -0.1) is 0 Å². The van der Waals surface area contributed by atoms with Crippen LogP contribution in [0.15, 0.2) is 24.3 Å². The van der Waals surface area contributed by atoms with Gasteiger partial charge in [0.2, 0.25) is 0 Å². The molecule has 0 aliphatic carbocycles. The lowest BCUT2D eigenvalue weighted by atomic mass is 10.1. The van der Waals surface area contributed by atoms with Crippen molar-refractivity contribution in [2.45, 2.75) is 39.8 Å². The van der Waals surface area contributed by atoms with E-state index in [0.29, 0.717) is 6.04 Å². The van der Waals surface area contributed by atoms with Crippen LogP contribution in [0, 0.1) is 5.92 Å². The number of nitrogens with one attached hydrogen (secondary N) is 1. The first kappa shape index (κ1) is 13.0. The molecule has 0 aliphatic rings. The quantitative estimate of drug-likeness (QED) is 0.796. The summed E-state index contributed by atoms with van der Waals surface area (Å²) in [5, 5.41) is 3.53. The van der Waals surface area contributed by atoms with Crippen molar-refractivity contribution in [1.82, 2.24) is 5.32 Å². The van der Waals surface area contributed by atoms with Gasteiger partial charge in [0.1, 0.15) is 5.75 Å². The second kappa shape index (κ2) is 6.54. The number of methoxy groups -OCH3 is 1. The molecule has 1 rings (SSSR count). The lowest BCUT2D eigenvalue weighted by Crippen LogP contribution is -2.26. The molecule has 1 aromatic carbocycles. The third kappa shape index (κ3) is 4.67. The monoisotopic (exact) mass is 221 g/mol. The van der Waals surface area contributed by atoms with E-state index in [-0.39, 0.29) is 0 Å². The van der Waals surface area contributed by atoms with Crippen LogP contribution in [0.4, 0.5) is 0 Å². The summed E-state index contributed by atoms with van der Waals surface area (Å²) in [5.41, 5.74) is 1.30. The van der Waals surface area contributed by atoms with Crippen LogP contribution in [-0.2, 0) is 6.54 Å². The van der Waals surface area contributed by atoms with Crippen LogP contribution in [0.2, 0.25) is 0 Å². The molecule has 0 radical (unpaired) electrons. The summed E-state index contributed by atoms with van der Waals surface area (Å²) in [7, 11) is 1.69. The first-order valence-corrected chi connectivity index (χ1v) is 5.98. The Balaban J connectivity index is 2.36. The van der Waals surface area contributed by atoms with Gasteiger partial charge in [0, 0.05) is 12.6 Å². The highest BCUT2D eigenvalue weighted by atomic mass is 16.5. The highest BCUT2D eigenvalue weighted by Crippen LogP contribution is 2.11. The summed E-state index contributed by atoms with van der Waals surface area (Å²) < 4.78 is 5.13. The highest BCUT2D eigenvalue weighted by Gasteiger charge is 2.04. The number of hydrogen-bond donors (Lipinski definition) is 1. The molecule has 0 aromatic heterocycles. The Labute approximate surface area is 99.0 Å². The van der Waals surface area contributed by atoms with Gasteiger partial charge in [-0.2, -0.15) is 0 Å². The van der Waals surface area contributed by atoms with Gasteiger partial charge in [-0.05, 0) is 37.0 Å². The maximum Gasteiger partial charge on any atom is 0.118 e. The van der Waals surface area contributed by atoms with Crippen LogP contribution in [0.1, 0.15) is 32.8 Å². The van der Waals surface area contributed by atoms with Crippen LogP contribution in [-0.4, -0.2) is 13.2 Å². The maximum absolute atomic E-state index is 5.13. The number of ether oxygens (including phenoxy) is 1. The van der Waals surface area contributed by atoms with Crippen molar-refractivity contribution in [3.05, 3.63) is 29.8 Å². The fourth-order valence-electron chi connectivity index (χ4n) is 1.83. The second-order valence-corrected chi connectivity index (χ2v) is 4.76. The molecule has 0 saturated heterocycles. The molecule has 0 fully saturated rings. The number of benzene rings is 1. The van der Waals surface area contributed by atoms with Crippen LogP contribution in [0.25, 0.3) is 0 Å². The van der Waals surface area contributed by atoms with E-state index in [4.69, 9.17) is 4.74 Å². The van der Waals surface area contributed by atoms with E-state index in [0.717, 1.165) is 18.2 Å². The van der Waals surface area contributed by atoms with Gasteiger partial charge in [-0.3, -0.25) is 0 Å². The summed E-state index contributed by atoms with van der Waals surface area (Å²) in [6.45, 7) is 7.68. The maximum atomic E-state index is 5.13. The topological polar surface area (TPSA) is 21.3 Å². The predicted octanol–water partition coefficient (Wildman–Crippen LogP) is 3.22. The smallest absolute Gasteiger partial charge is 0.118 e. The van der Waals surface area contributed by atoms with Crippen LogP contribution in [0.3, 0.4) is 0 Å². The van der Waals surface area contributed by atoms with Crippen LogP contribution >= 0.6 is 0 Å². The third-order valence-corrected chi connectivity index (χ3v) is 2.64. The molecule has 2 heteroatoms. The molecule has 0 amide bonds. The van der Waals surface area contributed by atoms with E-state index < -0.39 is 0 Å². The minimum atomic E-state index is 0.571. The standard InChI is InChI=1S/C14H23NO/c1-11(2)9-12(3)15-10-13-5-7-14(16-4)8-6-13/h5-8,11-12,15H,9-10H2,1-4H3/t12-/m0/s1. The Hall–Kier alpha value is -1.02. The van der Waals surface area contributed by atoms with Crippen molar-refractivity contribution < 1.29 is 4.74 Å². The van der Waals surface area contributed by atoms with E-state index >= 15 is 0 Å². The molecule has 0 aliphatic heterocycles. The summed E-state index contributed by atoms with van der Waals surface area (Å²) in [6, 6.07) is 8.79. The molecule has 90 valence electrons. The lowest BCUT2D eigenvalue weighted by Gasteiger charge is -2.16. The van der Waals surface area contributed by atoms with E-state index in [2.05, 4.69) is 38.2 Å². The molecular formula is C14H23NO. The molecule has 16 heavy (non-hydrogen) atoms. The van der Waals surface area contributed by atoms with Gasteiger partial charge >= 0.3 is 0 Å². The van der Waals surface area contributed by atoms with Gasteiger partial charge in [0.15, 0.2) is 0 Å². The highest BCUT2D eigenvalue weighted by molar-refractivity contribution is 5.26. The van der Waals surface area contributed by atoms with Crippen molar-refractivity contribution in [1.29, 1.82) is 0 Å². The molecule has 0 bridgehead atoms. The molecule has 0 saturated carbocycles. The van der Waals surface area contributed by atoms with Crippen molar-refractivity contribution in [2.75, 3.05) is 7.11 Å². The zero-order valence-electron chi connectivity index (χ0n) is 10.8. The molecule has 0 spiro atoms. The van der Waals surface area contributed by atoms with Crippen molar-refractivity contribution in [3.8, 4) is 5.75 Å². The summed E-state index contributed by atoms with van der Waals surface area (Å²) >= 11 is 0. The molecule has 1 aromatic rings. The molecule has 0 unspecified atom stereocenters. The largest absolute Gasteiger partial charge is 0.497 e. The normalized spacial score (nSPS) is 12.8. The first-order chi connectivity index (χ1) is 7.61. The average Bonchev–Trinajstić information content (AvgIpc) is 2.26. The molecule has 0 heterocycles. The lowest BCUT2D eigenvalue weighted by molar-refractivity contribution is 0.414. The van der Waals surface area contributed by atoms with Crippen molar-refractivity contribution >= 4 is 0 Å². The van der Waals surface area contributed by atoms with E-state index in [1.807, 2.05) is 12.1 Å². The summed E-state index contributed by atoms with van der Waals surface area (Å²) in [6.07, 6.45) is 1.22. The molecular weight excluding hydrogens is 198 g/mol. The van der Waals surface area contributed by atoms with Gasteiger partial charge < -0.3 is 10.1 Å². The van der Waals surface area contributed by atoms with Gasteiger partial charge in [0.05, 0.1) is 7.11 Å². The second-order valence-electron chi connectivity index (χ2n) is 4.76. The minimum Gasteiger partial charge on any atom is -0.497 e. The third-order valence-electron chi connectivity index (χ3n) is 2.64. The Morgan fingerprint density at radius 3 is 2.25 bits per heavy atom. The zero-order chi connectivity index (χ0) is 12.0. The van der Waals surface area contributed by atoms with Gasteiger partial charge in [-0.25, -0.2) is 0 Å². The van der Waals surface area contributed by atoms with Gasteiger partial charge in [-0.1, -0.05) is 26.0 Å². The average molecular weight is 221 g/mol. The van der Waals surface area contributed by atoms with Crippen LogP contribution in [0.5, 0.6) is 5.75 Å². The Bertz CT molecular complexity index is 292. The number of hydrogen-bond acceptors (Lipinski definition) is 2. The molecule has 2 nitrogen and oxygen atoms in total. The fraction of sp³-hybridized carbons (Fsp3) is 0.571. The summed E-state index contributed by atoms with van der Waals surface area (Å²) in [4.78, 5) is 0. The molecule has 1 atom stereocenters. The Morgan fingerprint density at radius 1 is 1.12 bits per heavy atom. The number of rotatable bonds is 6. The first-order valence-electron chi connectivity index (χ1n) is 5.98. The SMILES string of the molecule is COc1ccc(CN[C@@H](C)CC(C)C)cc1. The van der Waals surface area contributed by atoms with Gasteiger partial charge in [0.25, 0.3) is 0 Å². The Morgan fingerprint density at radius 2 is 1.75 bits per heavy atom.